The van der Waals surface area contributed by atoms with Crippen LogP contribution in [-0.2, 0) is 19.6 Å². The van der Waals surface area contributed by atoms with Crippen molar-refractivity contribution in [3.8, 4) is 0 Å². The summed E-state index contributed by atoms with van der Waals surface area (Å²) >= 11 is 0. The van der Waals surface area contributed by atoms with Crippen LogP contribution in [0.2, 0.25) is 0 Å². The van der Waals surface area contributed by atoms with Crippen molar-refractivity contribution in [2.24, 2.45) is 0 Å². The average Bonchev–Trinajstić information content (AvgIpc) is 3.01. The molecule has 0 saturated heterocycles. The van der Waals surface area contributed by atoms with Crippen molar-refractivity contribution in [3.05, 3.63) is 42.5 Å². The van der Waals surface area contributed by atoms with E-state index >= 15 is 0 Å². The molecule has 4 heteroatoms. The Morgan fingerprint density at radius 2 is 2.22 bits per heavy atom. The number of rotatable bonds is 8. The number of nitrogens with zero attached hydrogens (tertiary/aromatic N) is 3. The normalized spacial score (nSPS) is 10.9. The molecule has 0 radical (unpaired) electrons. The zero-order chi connectivity index (χ0) is 12.6. The second-order valence-corrected chi connectivity index (χ2v) is 4.56. The molecule has 0 spiro atoms. The summed E-state index contributed by atoms with van der Waals surface area (Å²) in [5.41, 5.74) is 1.36. The van der Waals surface area contributed by atoms with Gasteiger partial charge in [-0.25, -0.2) is 0 Å². The fourth-order valence-corrected chi connectivity index (χ4v) is 2.02. The molecule has 98 valence electrons. The summed E-state index contributed by atoms with van der Waals surface area (Å²) in [5.74, 6) is 0. The Morgan fingerprint density at radius 1 is 1.28 bits per heavy atom. The number of hydrogen-bond acceptors (Lipinski definition) is 2. The summed E-state index contributed by atoms with van der Waals surface area (Å²) in [7, 11) is 0. The third kappa shape index (κ3) is 4.04. The minimum Gasteiger partial charge on any atom is -0.354 e. The number of hydrogen-bond donors (Lipinski definition) is 1. The van der Waals surface area contributed by atoms with Gasteiger partial charge in [0.1, 0.15) is 0 Å². The number of aromatic nitrogens is 3. The fraction of sp³-hybridized carbons (Fsp3) is 0.500. The smallest absolute Gasteiger partial charge is 0.0489 e. The maximum absolute atomic E-state index is 4.18. The lowest BCUT2D eigenvalue weighted by Crippen LogP contribution is -2.16. The molecular formula is C14H22N4. The van der Waals surface area contributed by atoms with E-state index in [2.05, 4.69) is 40.4 Å². The van der Waals surface area contributed by atoms with Crippen LogP contribution in [0.3, 0.4) is 0 Å². The first-order valence-electron chi connectivity index (χ1n) is 6.71. The van der Waals surface area contributed by atoms with Gasteiger partial charge in [-0.3, -0.25) is 4.68 Å². The van der Waals surface area contributed by atoms with Gasteiger partial charge in [-0.05, 0) is 37.1 Å². The number of nitrogens with one attached hydrogen (secondary N) is 1. The van der Waals surface area contributed by atoms with E-state index in [0.29, 0.717) is 0 Å². The second-order valence-electron chi connectivity index (χ2n) is 4.56. The Labute approximate surface area is 109 Å². The average molecular weight is 246 g/mol. The van der Waals surface area contributed by atoms with Crippen molar-refractivity contribution in [1.82, 2.24) is 19.7 Å². The van der Waals surface area contributed by atoms with Crippen LogP contribution in [0.15, 0.2) is 36.9 Å². The maximum Gasteiger partial charge on any atom is 0.0489 e. The molecule has 2 heterocycles. The molecule has 0 aliphatic heterocycles. The van der Waals surface area contributed by atoms with E-state index < -0.39 is 0 Å². The zero-order valence-electron chi connectivity index (χ0n) is 11.0. The van der Waals surface area contributed by atoms with Gasteiger partial charge in [0.15, 0.2) is 0 Å². The van der Waals surface area contributed by atoms with Crippen molar-refractivity contribution in [1.29, 1.82) is 0 Å². The minimum atomic E-state index is 0.954. The van der Waals surface area contributed by atoms with Crippen LogP contribution < -0.4 is 5.32 Å². The lowest BCUT2D eigenvalue weighted by atomic mass is 10.3. The summed E-state index contributed by atoms with van der Waals surface area (Å²) in [4.78, 5) is 0. The van der Waals surface area contributed by atoms with Gasteiger partial charge >= 0.3 is 0 Å². The lowest BCUT2D eigenvalue weighted by molar-refractivity contribution is 0.543. The molecule has 2 aromatic rings. The zero-order valence-corrected chi connectivity index (χ0v) is 11.0. The van der Waals surface area contributed by atoms with E-state index in [1.807, 2.05) is 23.1 Å². The molecular weight excluding hydrogens is 224 g/mol. The molecule has 0 unspecified atom stereocenters. The van der Waals surface area contributed by atoms with Gasteiger partial charge < -0.3 is 9.88 Å². The van der Waals surface area contributed by atoms with E-state index in [4.69, 9.17) is 0 Å². The van der Waals surface area contributed by atoms with E-state index in [1.54, 1.807) is 0 Å². The molecule has 0 aromatic carbocycles. The Morgan fingerprint density at radius 3 is 3.00 bits per heavy atom. The Bertz CT molecular complexity index is 430. The molecule has 4 nitrogen and oxygen atoms in total. The van der Waals surface area contributed by atoms with Crippen LogP contribution in [0.4, 0.5) is 0 Å². The highest BCUT2D eigenvalue weighted by Gasteiger charge is 1.96. The monoisotopic (exact) mass is 246 g/mol. The van der Waals surface area contributed by atoms with Gasteiger partial charge in [-0.15, -0.1) is 0 Å². The highest BCUT2D eigenvalue weighted by atomic mass is 15.3. The Kier molecular flexibility index (Phi) is 5.02. The van der Waals surface area contributed by atoms with Crippen molar-refractivity contribution < 1.29 is 0 Å². The highest BCUT2D eigenvalue weighted by Crippen LogP contribution is 2.01. The van der Waals surface area contributed by atoms with Gasteiger partial charge in [0.25, 0.3) is 0 Å². The predicted molar refractivity (Wildman–Crippen MR) is 73.3 cm³/mol. The predicted octanol–water partition coefficient (Wildman–Crippen LogP) is 2.27. The Hall–Kier alpha value is -1.55. The lowest BCUT2D eigenvalue weighted by Gasteiger charge is -2.04. The van der Waals surface area contributed by atoms with Gasteiger partial charge in [0.2, 0.25) is 0 Å². The van der Waals surface area contributed by atoms with Gasteiger partial charge in [-0.2, -0.15) is 5.10 Å². The topological polar surface area (TPSA) is 34.8 Å². The highest BCUT2D eigenvalue weighted by molar-refractivity contribution is 5.09. The molecule has 0 aliphatic rings. The van der Waals surface area contributed by atoms with Gasteiger partial charge in [0.05, 0.1) is 0 Å². The molecule has 0 aliphatic carbocycles. The van der Waals surface area contributed by atoms with Crippen molar-refractivity contribution in [2.45, 2.75) is 39.4 Å². The van der Waals surface area contributed by atoms with Gasteiger partial charge in [0, 0.05) is 44.4 Å². The van der Waals surface area contributed by atoms with Gasteiger partial charge in [-0.1, -0.05) is 6.92 Å². The molecule has 0 bridgehead atoms. The molecule has 0 saturated carbocycles. The van der Waals surface area contributed by atoms with Crippen LogP contribution in [0.25, 0.3) is 0 Å². The van der Waals surface area contributed by atoms with Crippen molar-refractivity contribution in [3.63, 3.8) is 0 Å². The number of aryl methyl sites for hydroxylation is 2. The molecule has 2 aromatic heterocycles. The molecule has 0 atom stereocenters. The van der Waals surface area contributed by atoms with E-state index in [1.165, 1.54) is 12.0 Å². The summed E-state index contributed by atoms with van der Waals surface area (Å²) in [5, 5.41) is 7.65. The van der Waals surface area contributed by atoms with Crippen molar-refractivity contribution >= 4 is 0 Å². The largest absolute Gasteiger partial charge is 0.354 e. The van der Waals surface area contributed by atoms with Crippen LogP contribution in [0, 0.1) is 0 Å². The van der Waals surface area contributed by atoms with Crippen LogP contribution in [-0.4, -0.2) is 20.9 Å². The summed E-state index contributed by atoms with van der Waals surface area (Å²) in [6.07, 6.45) is 10.5. The third-order valence-corrected chi connectivity index (χ3v) is 2.92. The molecule has 0 amide bonds. The molecule has 0 fully saturated rings. The first kappa shape index (κ1) is 12.9. The first-order chi connectivity index (χ1) is 8.88. The van der Waals surface area contributed by atoms with Crippen LogP contribution in [0.5, 0.6) is 0 Å². The fourth-order valence-electron chi connectivity index (χ4n) is 2.02. The molecule has 18 heavy (non-hydrogen) atoms. The van der Waals surface area contributed by atoms with E-state index in [0.717, 1.165) is 32.6 Å². The summed E-state index contributed by atoms with van der Waals surface area (Å²) in [6, 6.07) is 4.15. The Balaban J connectivity index is 1.59. The summed E-state index contributed by atoms with van der Waals surface area (Å²) in [6.45, 7) is 6.28. The SMILES string of the molecule is CCCn1ccc(CNCCCn2cccn2)c1. The minimum absolute atomic E-state index is 0.954. The standard InChI is InChI=1S/C14H22N4/c1-2-8-17-11-5-14(13-17)12-15-6-3-9-18-10-4-7-16-18/h4-5,7,10-11,13,15H,2-3,6,8-9,12H2,1H3. The van der Waals surface area contributed by atoms with Crippen LogP contribution in [0.1, 0.15) is 25.3 Å². The van der Waals surface area contributed by atoms with E-state index in [9.17, 15) is 0 Å². The third-order valence-electron chi connectivity index (χ3n) is 2.92. The second kappa shape index (κ2) is 7.01. The van der Waals surface area contributed by atoms with Crippen molar-refractivity contribution in [2.75, 3.05) is 6.54 Å². The quantitative estimate of drug-likeness (QED) is 0.725. The molecule has 2 rings (SSSR count). The maximum atomic E-state index is 4.18. The first-order valence-corrected chi connectivity index (χ1v) is 6.71. The van der Waals surface area contributed by atoms with E-state index in [-0.39, 0.29) is 0 Å². The van der Waals surface area contributed by atoms with Crippen LogP contribution >= 0.6 is 0 Å². The molecule has 1 N–H and O–H groups in total. The summed E-state index contributed by atoms with van der Waals surface area (Å²) < 4.78 is 4.22.